The molecule has 2 rings (SSSR count). The lowest BCUT2D eigenvalue weighted by Crippen LogP contribution is -2.23. The number of nitrogens with zero attached hydrogens (tertiary/aromatic N) is 2. The van der Waals surface area contributed by atoms with Crippen molar-refractivity contribution in [3.05, 3.63) is 12.0 Å². The molecule has 0 fully saturated rings. The molecule has 0 amide bonds. The van der Waals surface area contributed by atoms with Crippen molar-refractivity contribution in [2.24, 2.45) is 0 Å². The molecule has 1 aliphatic rings. The van der Waals surface area contributed by atoms with Crippen LogP contribution in [0.15, 0.2) is 6.20 Å². The second-order valence-corrected chi connectivity index (χ2v) is 3.63. The lowest BCUT2D eigenvalue weighted by molar-refractivity contribution is 0.142. The zero-order chi connectivity index (χ0) is 10.8. The number of rotatable bonds is 1. The van der Waals surface area contributed by atoms with Crippen LogP contribution in [-0.2, 0) is 13.1 Å². The van der Waals surface area contributed by atoms with Gasteiger partial charge in [0.25, 0.3) is 0 Å². The van der Waals surface area contributed by atoms with Gasteiger partial charge < -0.3 is 19.7 Å². The fourth-order valence-electron chi connectivity index (χ4n) is 1.60. The Bertz CT molecular complexity index is 349. The number of ether oxygens (including phenoxy) is 1. The molecular formula is C9H13N3O3. The summed E-state index contributed by atoms with van der Waals surface area (Å²) in [4.78, 5) is 14.4. The van der Waals surface area contributed by atoms with E-state index in [1.807, 2.05) is 4.57 Å². The van der Waals surface area contributed by atoms with E-state index >= 15 is 0 Å². The monoisotopic (exact) mass is 211 g/mol. The molecule has 6 heteroatoms. The normalized spacial score (nSPS) is 20.5. The minimum Gasteiger partial charge on any atom is -0.449 e. The standard InChI is InChI=1S/C9H13N3O3/c1-6-2-3-12-5-8(15-9(13)14)11-7(12)4-10-6/h5-6,10H,2-4H2,1H3,(H,13,14). The summed E-state index contributed by atoms with van der Waals surface area (Å²) in [7, 11) is 0. The third kappa shape index (κ3) is 2.27. The van der Waals surface area contributed by atoms with Gasteiger partial charge in [-0.2, -0.15) is 4.98 Å². The summed E-state index contributed by atoms with van der Waals surface area (Å²) in [6.45, 7) is 3.59. The molecule has 0 bridgehead atoms. The third-order valence-electron chi connectivity index (χ3n) is 2.44. The number of hydrogen-bond acceptors (Lipinski definition) is 4. The average molecular weight is 211 g/mol. The van der Waals surface area contributed by atoms with Crippen molar-refractivity contribution in [1.82, 2.24) is 14.9 Å². The van der Waals surface area contributed by atoms with Gasteiger partial charge in [0.1, 0.15) is 5.82 Å². The molecule has 6 nitrogen and oxygen atoms in total. The summed E-state index contributed by atoms with van der Waals surface area (Å²) in [5, 5.41) is 11.7. The summed E-state index contributed by atoms with van der Waals surface area (Å²) in [6, 6.07) is 0.454. The Hall–Kier alpha value is -1.56. The van der Waals surface area contributed by atoms with E-state index in [2.05, 4.69) is 22.0 Å². The molecule has 0 spiro atoms. The number of carboxylic acid groups (broad SMARTS) is 1. The molecule has 0 radical (unpaired) electrons. The number of imidazole rings is 1. The van der Waals surface area contributed by atoms with Gasteiger partial charge in [-0.1, -0.05) is 0 Å². The Morgan fingerprint density at radius 2 is 2.60 bits per heavy atom. The summed E-state index contributed by atoms with van der Waals surface area (Å²) < 4.78 is 6.42. The molecule has 1 atom stereocenters. The fraction of sp³-hybridized carbons (Fsp3) is 0.556. The Balaban J connectivity index is 2.15. The highest BCUT2D eigenvalue weighted by atomic mass is 16.7. The third-order valence-corrected chi connectivity index (χ3v) is 2.44. The first kappa shape index (κ1) is 9.97. The number of hydrogen-bond donors (Lipinski definition) is 2. The molecule has 82 valence electrons. The minimum absolute atomic E-state index is 0.147. The first-order valence-corrected chi connectivity index (χ1v) is 4.85. The molecule has 2 heterocycles. The highest BCUT2D eigenvalue weighted by Crippen LogP contribution is 2.15. The van der Waals surface area contributed by atoms with Crippen LogP contribution in [0.1, 0.15) is 19.2 Å². The van der Waals surface area contributed by atoms with Gasteiger partial charge in [0.15, 0.2) is 0 Å². The summed E-state index contributed by atoms with van der Waals surface area (Å²) >= 11 is 0. The molecule has 15 heavy (non-hydrogen) atoms. The zero-order valence-corrected chi connectivity index (χ0v) is 8.43. The SMILES string of the molecule is CC1CCn2cc(OC(=O)O)nc2CN1. The lowest BCUT2D eigenvalue weighted by atomic mass is 10.2. The average Bonchev–Trinajstić information content (AvgIpc) is 2.45. The molecule has 0 saturated carbocycles. The molecule has 1 aliphatic heterocycles. The Kier molecular flexibility index (Phi) is 2.59. The van der Waals surface area contributed by atoms with Gasteiger partial charge in [-0.3, -0.25) is 0 Å². The van der Waals surface area contributed by atoms with Gasteiger partial charge in [-0.15, -0.1) is 0 Å². The molecular weight excluding hydrogens is 198 g/mol. The van der Waals surface area contributed by atoms with Crippen LogP contribution in [0.4, 0.5) is 4.79 Å². The van der Waals surface area contributed by atoms with E-state index in [1.54, 1.807) is 6.20 Å². The van der Waals surface area contributed by atoms with Gasteiger partial charge in [-0.25, -0.2) is 4.79 Å². The van der Waals surface area contributed by atoms with Crippen LogP contribution in [0.25, 0.3) is 0 Å². The van der Waals surface area contributed by atoms with Crippen LogP contribution in [0, 0.1) is 0 Å². The van der Waals surface area contributed by atoms with Crippen molar-refractivity contribution in [3.8, 4) is 5.88 Å². The van der Waals surface area contributed by atoms with Crippen LogP contribution in [0.5, 0.6) is 5.88 Å². The van der Waals surface area contributed by atoms with Gasteiger partial charge in [0, 0.05) is 12.6 Å². The topological polar surface area (TPSA) is 76.4 Å². The van der Waals surface area contributed by atoms with E-state index in [1.165, 1.54) is 0 Å². The van der Waals surface area contributed by atoms with Crippen LogP contribution < -0.4 is 10.1 Å². The number of aromatic nitrogens is 2. The maximum atomic E-state index is 10.3. The maximum Gasteiger partial charge on any atom is 0.512 e. The first-order valence-electron chi connectivity index (χ1n) is 4.85. The van der Waals surface area contributed by atoms with E-state index in [4.69, 9.17) is 5.11 Å². The molecule has 0 saturated heterocycles. The highest BCUT2D eigenvalue weighted by molar-refractivity contribution is 5.60. The van der Waals surface area contributed by atoms with Crippen molar-refractivity contribution in [3.63, 3.8) is 0 Å². The van der Waals surface area contributed by atoms with Gasteiger partial charge in [-0.05, 0) is 13.3 Å². The van der Waals surface area contributed by atoms with Crippen LogP contribution in [-0.4, -0.2) is 26.9 Å². The smallest absolute Gasteiger partial charge is 0.449 e. The van der Waals surface area contributed by atoms with Gasteiger partial charge in [0.2, 0.25) is 5.88 Å². The van der Waals surface area contributed by atoms with Crippen molar-refractivity contribution in [2.75, 3.05) is 0 Å². The molecule has 1 unspecified atom stereocenters. The van der Waals surface area contributed by atoms with Crippen molar-refractivity contribution >= 4 is 6.16 Å². The molecule has 2 N–H and O–H groups in total. The molecule has 0 aliphatic carbocycles. The Morgan fingerprint density at radius 3 is 3.33 bits per heavy atom. The minimum atomic E-state index is -1.33. The lowest BCUT2D eigenvalue weighted by Gasteiger charge is -2.06. The summed E-state index contributed by atoms with van der Waals surface area (Å²) in [5.74, 6) is 0.962. The van der Waals surface area contributed by atoms with Crippen molar-refractivity contribution in [2.45, 2.75) is 32.5 Å². The predicted molar refractivity (Wildman–Crippen MR) is 51.8 cm³/mol. The zero-order valence-electron chi connectivity index (χ0n) is 8.43. The first-order chi connectivity index (χ1) is 7.15. The van der Waals surface area contributed by atoms with Crippen LogP contribution in [0.2, 0.25) is 0 Å². The van der Waals surface area contributed by atoms with Crippen molar-refractivity contribution in [1.29, 1.82) is 0 Å². The number of carbonyl (C=O) groups is 1. The fourth-order valence-corrected chi connectivity index (χ4v) is 1.60. The number of fused-ring (bicyclic) bond motifs is 1. The number of nitrogens with one attached hydrogen (secondary N) is 1. The second-order valence-electron chi connectivity index (χ2n) is 3.63. The van der Waals surface area contributed by atoms with E-state index in [-0.39, 0.29) is 5.88 Å². The number of aryl methyl sites for hydroxylation is 1. The highest BCUT2D eigenvalue weighted by Gasteiger charge is 2.15. The molecule has 1 aromatic rings. The van der Waals surface area contributed by atoms with Gasteiger partial charge >= 0.3 is 6.16 Å². The summed E-state index contributed by atoms with van der Waals surface area (Å²) in [6.07, 6.45) is 1.29. The maximum absolute atomic E-state index is 10.3. The Labute approximate surface area is 86.9 Å². The van der Waals surface area contributed by atoms with E-state index in [0.29, 0.717) is 12.6 Å². The van der Waals surface area contributed by atoms with Gasteiger partial charge in [0.05, 0.1) is 12.7 Å². The molecule has 0 aromatic carbocycles. The quantitative estimate of drug-likeness (QED) is 0.672. The summed E-state index contributed by atoms with van der Waals surface area (Å²) in [5.41, 5.74) is 0. The largest absolute Gasteiger partial charge is 0.512 e. The van der Waals surface area contributed by atoms with Crippen LogP contribution >= 0.6 is 0 Å². The molecule has 1 aromatic heterocycles. The Morgan fingerprint density at radius 1 is 1.80 bits per heavy atom. The van der Waals surface area contributed by atoms with Crippen LogP contribution in [0.3, 0.4) is 0 Å². The van der Waals surface area contributed by atoms with E-state index in [9.17, 15) is 4.79 Å². The second kappa shape index (κ2) is 3.90. The van der Waals surface area contributed by atoms with Crippen molar-refractivity contribution < 1.29 is 14.6 Å². The van der Waals surface area contributed by atoms with E-state index in [0.717, 1.165) is 18.8 Å². The predicted octanol–water partition coefficient (Wildman–Crippen LogP) is 0.822. The van der Waals surface area contributed by atoms with E-state index < -0.39 is 6.16 Å².